The van der Waals surface area contributed by atoms with Gasteiger partial charge in [0.25, 0.3) is 5.91 Å². The normalized spacial score (nSPS) is 11.9. The zero-order chi connectivity index (χ0) is 16.2. The molecular formula is C17H15NO5. The monoisotopic (exact) mass is 313 g/mol. The third-order valence-corrected chi connectivity index (χ3v) is 3.31. The van der Waals surface area contributed by atoms with Crippen LogP contribution < -0.4 is 14.8 Å². The van der Waals surface area contributed by atoms with E-state index < -0.39 is 5.97 Å². The Kier molecular flexibility index (Phi) is 4.14. The molecule has 0 saturated heterocycles. The third kappa shape index (κ3) is 3.11. The Labute approximate surface area is 133 Å². The van der Waals surface area contributed by atoms with Gasteiger partial charge >= 0.3 is 5.97 Å². The van der Waals surface area contributed by atoms with E-state index in [0.717, 1.165) is 0 Å². The van der Waals surface area contributed by atoms with Crippen molar-refractivity contribution >= 4 is 17.6 Å². The molecule has 0 radical (unpaired) electrons. The van der Waals surface area contributed by atoms with Crippen molar-refractivity contribution in [2.75, 3.05) is 18.7 Å². The Morgan fingerprint density at radius 1 is 1.13 bits per heavy atom. The summed E-state index contributed by atoms with van der Waals surface area (Å²) >= 11 is 0. The first kappa shape index (κ1) is 14.9. The van der Waals surface area contributed by atoms with Crippen LogP contribution in [0.4, 0.5) is 5.69 Å². The Morgan fingerprint density at radius 2 is 1.91 bits per heavy atom. The second-order valence-corrected chi connectivity index (χ2v) is 4.79. The molecule has 0 unspecified atom stereocenters. The number of fused-ring (bicyclic) bond motifs is 1. The number of ether oxygens (including phenoxy) is 3. The van der Waals surface area contributed by atoms with E-state index >= 15 is 0 Å². The molecular weight excluding hydrogens is 298 g/mol. The van der Waals surface area contributed by atoms with Crippen molar-refractivity contribution in [3.63, 3.8) is 0 Å². The summed E-state index contributed by atoms with van der Waals surface area (Å²) in [6, 6.07) is 11.6. The summed E-state index contributed by atoms with van der Waals surface area (Å²) in [7, 11) is 0. The second kappa shape index (κ2) is 6.39. The van der Waals surface area contributed by atoms with Crippen LogP contribution in [-0.4, -0.2) is 25.3 Å². The van der Waals surface area contributed by atoms with E-state index in [0.29, 0.717) is 28.3 Å². The molecule has 0 spiro atoms. The fourth-order valence-electron chi connectivity index (χ4n) is 2.21. The van der Waals surface area contributed by atoms with Crippen molar-refractivity contribution in [3.05, 3.63) is 53.6 Å². The number of anilines is 1. The highest BCUT2D eigenvalue weighted by Gasteiger charge is 2.18. The molecule has 1 amide bonds. The lowest BCUT2D eigenvalue weighted by Crippen LogP contribution is -2.15. The Morgan fingerprint density at radius 3 is 2.74 bits per heavy atom. The van der Waals surface area contributed by atoms with E-state index in [2.05, 4.69) is 5.32 Å². The standard InChI is InChI=1S/C17H15NO5/c1-2-21-17(20)12-5-3-4-6-13(12)18-16(19)11-7-8-14-15(9-11)23-10-22-14/h3-9H,2,10H2,1H3,(H,18,19). The molecule has 3 rings (SSSR count). The van der Waals surface area contributed by atoms with Gasteiger partial charge in [-0.15, -0.1) is 0 Å². The maximum Gasteiger partial charge on any atom is 0.340 e. The van der Waals surface area contributed by atoms with Crippen molar-refractivity contribution in [3.8, 4) is 11.5 Å². The van der Waals surface area contributed by atoms with Crippen molar-refractivity contribution in [2.24, 2.45) is 0 Å². The van der Waals surface area contributed by atoms with Crippen molar-refractivity contribution in [2.45, 2.75) is 6.92 Å². The molecule has 1 aliphatic heterocycles. The van der Waals surface area contributed by atoms with E-state index in [1.54, 1.807) is 49.4 Å². The smallest absolute Gasteiger partial charge is 0.340 e. The van der Waals surface area contributed by atoms with E-state index in [-0.39, 0.29) is 19.3 Å². The number of esters is 1. The van der Waals surface area contributed by atoms with Gasteiger partial charge in [-0.1, -0.05) is 12.1 Å². The molecule has 0 saturated carbocycles. The lowest BCUT2D eigenvalue weighted by molar-refractivity contribution is 0.0527. The molecule has 2 aromatic carbocycles. The van der Waals surface area contributed by atoms with Gasteiger partial charge in [0, 0.05) is 5.56 Å². The summed E-state index contributed by atoms with van der Waals surface area (Å²) < 4.78 is 15.5. The molecule has 1 heterocycles. The topological polar surface area (TPSA) is 73.9 Å². The Hall–Kier alpha value is -3.02. The molecule has 0 bridgehead atoms. The molecule has 118 valence electrons. The van der Waals surface area contributed by atoms with Crippen LogP contribution in [0.3, 0.4) is 0 Å². The van der Waals surface area contributed by atoms with Gasteiger partial charge < -0.3 is 19.5 Å². The Balaban J connectivity index is 1.82. The largest absolute Gasteiger partial charge is 0.462 e. The SMILES string of the molecule is CCOC(=O)c1ccccc1NC(=O)c1ccc2c(c1)OCO2. The summed E-state index contributed by atoms with van der Waals surface area (Å²) in [6.45, 7) is 2.14. The zero-order valence-corrected chi connectivity index (χ0v) is 12.5. The van der Waals surface area contributed by atoms with E-state index in [9.17, 15) is 9.59 Å². The summed E-state index contributed by atoms with van der Waals surface area (Å²) in [4.78, 5) is 24.3. The molecule has 1 aliphatic rings. The number of carbonyl (C=O) groups excluding carboxylic acids is 2. The highest BCUT2D eigenvalue weighted by Crippen LogP contribution is 2.32. The summed E-state index contributed by atoms with van der Waals surface area (Å²) in [5.74, 6) is 0.305. The van der Waals surface area contributed by atoms with Crippen molar-refractivity contribution in [1.29, 1.82) is 0 Å². The zero-order valence-electron chi connectivity index (χ0n) is 12.5. The van der Waals surface area contributed by atoms with Crippen LogP contribution in [0.15, 0.2) is 42.5 Å². The fraction of sp³-hybridized carbons (Fsp3) is 0.176. The van der Waals surface area contributed by atoms with Crippen LogP contribution >= 0.6 is 0 Å². The number of hydrogen-bond donors (Lipinski definition) is 1. The molecule has 0 aliphatic carbocycles. The van der Waals surface area contributed by atoms with Gasteiger partial charge in [0.1, 0.15) is 0 Å². The van der Waals surface area contributed by atoms with Crippen LogP contribution in [0.25, 0.3) is 0 Å². The highest BCUT2D eigenvalue weighted by atomic mass is 16.7. The van der Waals surface area contributed by atoms with Gasteiger partial charge in [0.2, 0.25) is 6.79 Å². The summed E-state index contributed by atoms with van der Waals surface area (Å²) in [5, 5.41) is 2.72. The van der Waals surface area contributed by atoms with Crippen LogP contribution in [0, 0.1) is 0 Å². The quantitative estimate of drug-likeness (QED) is 0.879. The van der Waals surface area contributed by atoms with Gasteiger partial charge in [-0.3, -0.25) is 4.79 Å². The number of amides is 1. The molecule has 0 fully saturated rings. The fourth-order valence-corrected chi connectivity index (χ4v) is 2.21. The minimum atomic E-state index is -0.478. The van der Waals surface area contributed by atoms with Gasteiger partial charge in [0.15, 0.2) is 11.5 Å². The third-order valence-electron chi connectivity index (χ3n) is 3.31. The Bertz CT molecular complexity index is 756. The molecule has 6 heteroatoms. The van der Waals surface area contributed by atoms with Crippen LogP contribution in [0.1, 0.15) is 27.6 Å². The molecule has 2 aromatic rings. The first-order valence-electron chi connectivity index (χ1n) is 7.16. The lowest BCUT2D eigenvalue weighted by Gasteiger charge is -2.10. The molecule has 1 N–H and O–H groups in total. The second-order valence-electron chi connectivity index (χ2n) is 4.79. The lowest BCUT2D eigenvalue weighted by atomic mass is 10.1. The molecule has 0 aromatic heterocycles. The number of hydrogen-bond acceptors (Lipinski definition) is 5. The van der Waals surface area contributed by atoms with Crippen LogP contribution in [0.5, 0.6) is 11.5 Å². The molecule has 23 heavy (non-hydrogen) atoms. The number of para-hydroxylation sites is 1. The number of nitrogens with one attached hydrogen (secondary N) is 1. The first-order valence-corrected chi connectivity index (χ1v) is 7.16. The summed E-state index contributed by atoms with van der Waals surface area (Å²) in [5.41, 5.74) is 1.12. The van der Waals surface area contributed by atoms with Gasteiger partial charge in [-0.25, -0.2) is 4.79 Å². The molecule has 0 atom stereocenters. The van der Waals surface area contributed by atoms with Gasteiger partial charge in [-0.2, -0.15) is 0 Å². The maximum absolute atomic E-state index is 12.4. The first-order chi connectivity index (χ1) is 11.2. The highest BCUT2D eigenvalue weighted by molar-refractivity contribution is 6.08. The minimum Gasteiger partial charge on any atom is -0.462 e. The van der Waals surface area contributed by atoms with Gasteiger partial charge in [0.05, 0.1) is 17.9 Å². The van der Waals surface area contributed by atoms with Crippen LogP contribution in [-0.2, 0) is 4.74 Å². The minimum absolute atomic E-state index is 0.145. The van der Waals surface area contributed by atoms with Gasteiger partial charge in [-0.05, 0) is 37.3 Å². The maximum atomic E-state index is 12.4. The number of carbonyl (C=O) groups is 2. The predicted octanol–water partition coefficient (Wildman–Crippen LogP) is 2.84. The van der Waals surface area contributed by atoms with E-state index in [1.165, 1.54) is 0 Å². The van der Waals surface area contributed by atoms with E-state index in [1.807, 2.05) is 0 Å². The van der Waals surface area contributed by atoms with Crippen LogP contribution in [0.2, 0.25) is 0 Å². The predicted molar refractivity (Wildman–Crippen MR) is 82.9 cm³/mol. The van der Waals surface area contributed by atoms with Crippen molar-refractivity contribution < 1.29 is 23.8 Å². The number of benzene rings is 2. The average Bonchev–Trinajstić information content (AvgIpc) is 3.03. The van der Waals surface area contributed by atoms with E-state index in [4.69, 9.17) is 14.2 Å². The summed E-state index contributed by atoms with van der Waals surface area (Å²) in [6.07, 6.45) is 0. The molecule has 6 nitrogen and oxygen atoms in total. The van der Waals surface area contributed by atoms with Crippen molar-refractivity contribution in [1.82, 2.24) is 0 Å². The number of rotatable bonds is 4. The average molecular weight is 313 g/mol.